The van der Waals surface area contributed by atoms with Crippen molar-refractivity contribution in [2.24, 2.45) is 0 Å². The molecule has 1 fully saturated rings. The number of amides is 2. The van der Waals surface area contributed by atoms with Crippen LogP contribution in [0.25, 0.3) is 0 Å². The molecule has 138 valence electrons. The standard InChI is InChI=1S/C19H21FN2O3S/c1-24-16-7-6-13(10-17(16)25-2)12-21-19(23)22-8-9-26-18(22)14-4-3-5-15(20)11-14/h3-7,10-11,18H,8-9,12H2,1-2H3,(H,21,23). The fraction of sp³-hybridized carbons (Fsp3) is 0.316. The quantitative estimate of drug-likeness (QED) is 0.862. The summed E-state index contributed by atoms with van der Waals surface area (Å²) in [6, 6.07) is 11.8. The zero-order chi connectivity index (χ0) is 18.5. The molecule has 2 amide bonds. The van der Waals surface area contributed by atoms with E-state index in [2.05, 4.69) is 5.32 Å². The Balaban J connectivity index is 1.66. The van der Waals surface area contributed by atoms with Crippen LogP contribution in [-0.4, -0.2) is 37.4 Å². The maximum atomic E-state index is 13.5. The van der Waals surface area contributed by atoms with Crippen LogP contribution in [0.4, 0.5) is 9.18 Å². The van der Waals surface area contributed by atoms with Crippen LogP contribution in [0.15, 0.2) is 42.5 Å². The molecule has 7 heteroatoms. The molecule has 0 aromatic heterocycles. The number of urea groups is 1. The van der Waals surface area contributed by atoms with Crippen LogP contribution in [-0.2, 0) is 6.54 Å². The Labute approximate surface area is 156 Å². The van der Waals surface area contributed by atoms with E-state index in [1.54, 1.807) is 36.9 Å². The van der Waals surface area contributed by atoms with Crippen LogP contribution in [0.5, 0.6) is 11.5 Å². The minimum atomic E-state index is -0.291. The molecule has 1 atom stereocenters. The first-order chi connectivity index (χ1) is 12.6. The van der Waals surface area contributed by atoms with Gasteiger partial charge in [0.1, 0.15) is 11.2 Å². The number of ether oxygens (including phenoxy) is 2. The van der Waals surface area contributed by atoms with Crippen LogP contribution in [0.3, 0.4) is 0 Å². The van der Waals surface area contributed by atoms with E-state index in [4.69, 9.17) is 9.47 Å². The summed E-state index contributed by atoms with van der Waals surface area (Å²) in [5.41, 5.74) is 1.71. The van der Waals surface area contributed by atoms with Crippen molar-refractivity contribution in [3.63, 3.8) is 0 Å². The van der Waals surface area contributed by atoms with Crippen LogP contribution >= 0.6 is 11.8 Å². The Kier molecular flexibility index (Phi) is 5.88. The number of methoxy groups -OCH3 is 2. The number of halogens is 1. The fourth-order valence-electron chi connectivity index (χ4n) is 2.88. The molecule has 0 radical (unpaired) electrons. The summed E-state index contributed by atoms with van der Waals surface area (Å²) in [5.74, 6) is 1.80. The lowest BCUT2D eigenvalue weighted by Crippen LogP contribution is -2.39. The summed E-state index contributed by atoms with van der Waals surface area (Å²) in [6.45, 7) is 1.000. The van der Waals surface area contributed by atoms with E-state index >= 15 is 0 Å². The number of hydrogen-bond acceptors (Lipinski definition) is 4. The number of nitrogens with zero attached hydrogens (tertiary/aromatic N) is 1. The summed E-state index contributed by atoms with van der Waals surface area (Å²) in [7, 11) is 3.15. The van der Waals surface area contributed by atoms with Crippen molar-refractivity contribution in [3.05, 3.63) is 59.4 Å². The van der Waals surface area contributed by atoms with E-state index in [0.29, 0.717) is 24.6 Å². The first kappa shape index (κ1) is 18.4. The maximum absolute atomic E-state index is 13.5. The molecule has 1 aliphatic heterocycles. The van der Waals surface area contributed by atoms with Gasteiger partial charge in [-0.1, -0.05) is 18.2 Å². The van der Waals surface area contributed by atoms with Crippen LogP contribution in [0.2, 0.25) is 0 Å². The van der Waals surface area contributed by atoms with Gasteiger partial charge in [-0.3, -0.25) is 0 Å². The van der Waals surface area contributed by atoms with Crippen LogP contribution < -0.4 is 14.8 Å². The molecule has 1 unspecified atom stereocenters. The monoisotopic (exact) mass is 376 g/mol. The number of rotatable bonds is 5. The molecule has 0 bridgehead atoms. The van der Waals surface area contributed by atoms with Crippen molar-refractivity contribution in [3.8, 4) is 11.5 Å². The summed E-state index contributed by atoms with van der Waals surface area (Å²) >= 11 is 1.64. The SMILES string of the molecule is COc1ccc(CNC(=O)N2CCSC2c2cccc(F)c2)cc1OC. The molecule has 26 heavy (non-hydrogen) atoms. The highest BCUT2D eigenvalue weighted by Gasteiger charge is 2.30. The zero-order valence-corrected chi connectivity index (χ0v) is 15.5. The van der Waals surface area contributed by atoms with Crippen molar-refractivity contribution in [1.29, 1.82) is 0 Å². The van der Waals surface area contributed by atoms with Gasteiger partial charge in [0.15, 0.2) is 11.5 Å². The summed E-state index contributed by atoms with van der Waals surface area (Å²) in [6.07, 6.45) is 0. The highest BCUT2D eigenvalue weighted by atomic mass is 32.2. The Hall–Kier alpha value is -2.41. The number of nitrogens with one attached hydrogen (secondary N) is 1. The topological polar surface area (TPSA) is 50.8 Å². The smallest absolute Gasteiger partial charge is 0.318 e. The second kappa shape index (κ2) is 8.31. The first-order valence-corrected chi connectivity index (χ1v) is 9.29. The van der Waals surface area contributed by atoms with Gasteiger partial charge in [-0.2, -0.15) is 0 Å². The predicted molar refractivity (Wildman–Crippen MR) is 100 cm³/mol. The lowest BCUT2D eigenvalue weighted by Gasteiger charge is -2.24. The van der Waals surface area contributed by atoms with Gasteiger partial charge in [0.2, 0.25) is 0 Å². The molecular formula is C19H21FN2O3S. The molecule has 1 heterocycles. The average Bonchev–Trinajstić information content (AvgIpc) is 3.15. The van der Waals surface area contributed by atoms with Gasteiger partial charge in [0.25, 0.3) is 0 Å². The number of carbonyl (C=O) groups excluding carboxylic acids is 1. The average molecular weight is 376 g/mol. The molecular weight excluding hydrogens is 355 g/mol. The normalized spacial score (nSPS) is 16.4. The van der Waals surface area contributed by atoms with E-state index in [1.807, 2.05) is 24.3 Å². The second-order valence-electron chi connectivity index (χ2n) is 5.82. The summed E-state index contributed by atoms with van der Waals surface area (Å²) in [4.78, 5) is 14.4. The number of hydrogen-bond donors (Lipinski definition) is 1. The minimum Gasteiger partial charge on any atom is -0.493 e. The largest absolute Gasteiger partial charge is 0.493 e. The van der Waals surface area contributed by atoms with Gasteiger partial charge in [-0.05, 0) is 35.4 Å². The molecule has 1 N–H and O–H groups in total. The third-order valence-corrected chi connectivity index (χ3v) is 5.44. The fourth-order valence-corrected chi connectivity index (χ4v) is 4.13. The molecule has 1 saturated heterocycles. The van der Waals surface area contributed by atoms with Gasteiger partial charge < -0.3 is 19.7 Å². The highest BCUT2D eigenvalue weighted by molar-refractivity contribution is 7.99. The van der Waals surface area contributed by atoms with Crippen molar-refractivity contribution >= 4 is 17.8 Å². The van der Waals surface area contributed by atoms with Crippen LogP contribution in [0, 0.1) is 5.82 Å². The lowest BCUT2D eigenvalue weighted by molar-refractivity contribution is 0.199. The Morgan fingerprint density at radius 3 is 2.77 bits per heavy atom. The van der Waals surface area contributed by atoms with Gasteiger partial charge in [0.05, 0.1) is 14.2 Å². The van der Waals surface area contributed by atoms with E-state index in [9.17, 15) is 9.18 Å². The van der Waals surface area contributed by atoms with Crippen molar-refractivity contribution in [1.82, 2.24) is 10.2 Å². The van der Waals surface area contributed by atoms with Crippen LogP contribution in [0.1, 0.15) is 16.5 Å². The Morgan fingerprint density at radius 1 is 1.23 bits per heavy atom. The first-order valence-electron chi connectivity index (χ1n) is 8.25. The summed E-state index contributed by atoms with van der Waals surface area (Å²) in [5, 5.41) is 2.76. The molecule has 2 aromatic rings. The molecule has 5 nitrogen and oxygen atoms in total. The van der Waals surface area contributed by atoms with E-state index < -0.39 is 0 Å². The van der Waals surface area contributed by atoms with Gasteiger partial charge in [0, 0.05) is 18.8 Å². The second-order valence-corrected chi connectivity index (χ2v) is 7.01. The lowest BCUT2D eigenvalue weighted by atomic mass is 10.2. The predicted octanol–water partition coefficient (Wildman–Crippen LogP) is 3.80. The molecule has 1 aliphatic rings. The van der Waals surface area contributed by atoms with Gasteiger partial charge in [-0.25, -0.2) is 9.18 Å². The Morgan fingerprint density at radius 2 is 2.04 bits per heavy atom. The molecule has 0 aliphatic carbocycles. The van der Waals surface area contributed by atoms with E-state index in [0.717, 1.165) is 16.9 Å². The highest BCUT2D eigenvalue weighted by Crippen LogP contribution is 2.38. The van der Waals surface area contributed by atoms with Crippen molar-refractivity contribution in [2.45, 2.75) is 11.9 Å². The molecule has 0 saturated carbocycles. The van der Waals surface area contributed by atoms with Gasteiger partial charge in [-0.15, -0.1) is 11.8 Å². The van der Waals surface area contributed by atoms with E-state index in [-0.39, 0.29) is 17.2 Å². The molecule has 0 spiro atoms. The Bertz CT molecular complexity index is 787. The third-order valence-electron chi connectivity index (χ3n) is 4.18. The minimum absolute atomic E-state index is 0.168. The van der Waals surface area contributed by atoms with E-state index in [1.165, 1.54) is 12.1 Å². The van der Waals surface area contributed by atoms with Gasteiger partial charge >= 0.3 is 6.03 Å². The summed E-state index contributed by atoms with van der Waals surface area (Å²) < 4.78 is 24.0. The number of carbonyl (C=O) groups is 1. The van der Waals surface area contributed by atoms with Crippen molar-refractivity contribution < 1.29 is 18.7 Å². The number of thioether (sulfide) groups is 1. The molecule has 2 aromatic carbocycles. The zero-order valence-electron chi connectivity index (χ0n) is 14.7. The molecule has 3 rings (SSSR count). The maximum Gasteiger partial charge on any atom is 0.318 e. The van der Waals surface area contributed by atoms with Crippen molar-refractivity contribution in [2.75, 3.05) is 26.5 Å². The third kappa shape index (κ3) is 4.04. The number of benzene rings is 2.